The van der Waals surface area contributed by atoms with Crippen molar-refractivity contribution in [1.82, 2.24) is 14.7 Å². The third-order valence-corrected chi connectivity index (χ3v) is 3.99. The molecule has 0 radical (unpaired) electrons. The number of carboxylic acids is 1. The first kappa shape index (κ1) is 15.1. The molecule has 2 aliphatic rings. The molecule has 2 amide bonds. The van der Waals surface area contributed by atoms with Crippen LogP contribution in [-0.2, 0) is 4.79 Å². The lowest BCUT2D eigenvalue weighted by Crippen LogP contribution is -2.54. The first-order valence-corrected chi connectivity index (χ1v) is 7.21. The minimum absolute atomic E-state index is 0.116. The standard InChI is InChI=1S/C13H23N3O4/c1-2-3-14-4-6-15(7-5-14)13(20)16-9-10(17)8-11(16)12(18)19/h10-11,17H,2-9H2,1H3,(H,18,19)/t10-,11-/m0/s1. The molecule has 0 saturated carbocycles. The van der Waals surface area contributed by atoms with Gasteiger partial charge in [-0.2, -0.15) is 0 Å². The van der Waals surface area contributed by atoms with E-state index in [0.717, 1.165) is 26.1 Å². The molecular weight excluding hydrogens is 262 g/mol. The van der Waals surface area contributed by atoms with Crippen molar-refractivity contribution < 1.29 is 19.8 Å². The molecule has 0 bridgehead atoms. The van der Waals surface area contributed by atoms with Gasteiger partial charge in [-0.25, -0.2) is 9.59 Å². The average Bonchev–Trinajstić information content (AvgIpc) is 2.81. The number of hydrogen-bond acceptors (Lipinski definition) is 4. The van der Waals surface area contributed by atoms with Crippen LogP contribution >= 0.6 is 0 Å². The fourth-order valence-electron chi connectivity index (χ4n) is 2.92. The van der Waals surface area contributed by atoms with Crippen molar-refractivity contribution in [2.45, 2.75) is 31.9 Å². The second kappa shape index (κ2) is 6.41. The fraction of sp³-hybridized carbons (Fsp3) is 0.846. The van der Waals surface area contributed by atoms with Crippen LogP contribution < -0.4 is 0 Å². The Morgan fingerprint density at radius 3 is 2.40 bits per heavy atom. The number of carboxylic acid groups (broad SMARTS) is 1. The second-order valence-electron chi connectivity index (χ2n) is 5.51. The molecule has 0 unspecified atom stereocenters. The van der Waals surface area contributed by atoms with Gasteiger partial charge in [-0.15, -0.1) is 0 Å². The molecule has 0 aromatic heterocycles. The van der Waals surface area contributed by atoms with Gasteiger partial charge in [-0.3, -0.25) is 4.90 Å². The quantitative estimate of drug-likeness (QED) is 0.741. The van der Waals surface area contributed by atoms with E-state index in [9.17, 15) is 14.7 Å². The molecule has 2 N–H and O–H groups in total. The Kier molecular flexibility index (Phi) is 4.82. The Morgan fingerprint density at radius 1 is 1.20 bits per heavy atom. The Morgan fingerprint density at radius 2 is 1.85 bits per heavy atom. The van der Waals surface area contributed by atoms with Crippen molar-refractivity contribution in [1.29, 1.82) is 0 Å². The molecular formula is C13H23N3O4. The summed E-state index contributed by atoms with van der Waals surface area (Å²) in [6, 6.07) is -1.16. The normalized spacial score (nSPS) is 27.9. The summed E-state index contributed by atoms with van der Waals surface area (Å²) < 4.78 is 0. The van der Waals surface area contributed by atoms with E-state index in [1.165, 1.54) is 4.90 Å². The lowest BCUT2D eigenvalue weighted by Gasteiger charge is -2.37. The molecule has 0 spiro atoms. The predicted molar refractivity (Wildman–Crippen MR) is 72.5 cm³/mol. The van der Waals surface area contributed by atoms with Gasteiger partial charge in [0.2, 0.25) is 0 Å². The maximum atomic E-state index is 12.4. The van der Waals surface area contributed by atoms with Gasteiger partial charge in [-0.05, 0) is 13.0 Å². The molecule has 2 saturated heterocycles. The number of rotatable bonds is 3. The van der Waals surface area contributed by atoms with Crippen molar-refractivity contribution in [2.24, 2.45) is 0 Å². The molecule has 2 rings (SSSR count). The molecule has 7 heteroatoms. The smallest absolute Gasteiger partial charge is 0.326 e. The van der Waals surface area contributed by atoms with Crippen molar-refractivity contribution in [2.75, 3.05) is 39.3 Å². The zero-order chi connectivity index (χ0) is 14.7. The van der Waals surface area contributed by atoms with Crippen LogP contribution in [0.15, 0.2) is 0 Å². The van der Waals surface area contributed by atoms with E-state index in [1.807, 2.05) is 0 Å². The zero-order valence-corrected chi connectivity index (χ0v) is 11.9. The Bertz CT molecular complexity index is 369. The summed E-state index contributed by atoms with van der Waals surface area (Å²) in [5.41, 5.74) is 0. The van der Waals surface area contributed by atoms with Gasteiger partial charge in [0, 0.05) is 39.1 Å². The summed E-state index contributed by atoms with van der Waals surface area (Å²) >= 11 is 0. The Hall–Kier alpha value is -1.34. The van der Waals surface area contributed by atoms with Crippen LogP contribution in [0.1, 0.15) is 19.8 Å². The number of amides is 2. The van der Waals surface area contributed by atoms with Gasteiger partial charge in [0.1, 0.15) is 6.04 Å². The number of carbonyl (C=O) groups excluding carboxylic acids is 1. The molecule has 2 heterocycles. The lowest BCUT2D eigenvalue weighted by molar-refractivity contribution is -0.141. The number of nitrogens with zero attached hydrogens (tertiary/aromatic N) is 3. The number of aliphatic hydroxyl groups is 1. The van der Waals surface area contributed by atoms with E-state index in [2.05, 4.69) is 11.8 Å². The van der Waals surface area contributed by atoms with E-state index in [1.54, 1.807) is 4.90 Å². The number of aliphatic carboxylic acids is 1. The number of hydrogen-bond donors (Lipinski definition) is 2. The zero-order valence-electron chi connectivity index (χ0n) is 11.9. The van der Waals surface area contributed by atoms with Crippen LogP contribution in [0.4, 0.5) is 4.79 Å². The van der Waals surface area contributed by atoms with Gasteiger partial charge in [0.05, 0.1) is 6.10 Å². The van der Waals surface area contributed by atoms with Gasteiger partial charge in [0.15, 0.2) is 0 Å². The number of carbonyl (C=O) groups is 2. The van der Waals surface area contributed by atoms with Crippen LogP contribution in [0.25, 0.3) is 0 Å². The first-order chi connectivity index (χ1) is 9.52. The molecule has 0 aromatic rings. The molecule has 2 aliphatic heterocycles. The number of piperazine rings is 1. The third-order valence-electron chi connectivity index (χ3n) is 3.99. The van der Waals surface area contributed by atoms with Crippen LogP contribution in [0.3, 0.4) is 0 Å². The Balaban J connectivity index is 1.93. The monoisotopic (exact) mass is 285 g/mol. The maximum absolute atomic E-state index is 12.4. The maximum Gasteiger partial charge on any atom is 0.326 e. The molecule has 2 atom stereocenters. The van der Waals surface area contributed by atoms with Crippen molar-refractivity contribution >= 4 is 12.0 Å². The summed E-state index contributed by atoms with van der Waals surface area (Å²) in [6.45, 7) is 6.17. The van der Waals surface area contributed by atoms with Crippen molar-refractivity contribution in [3.63, 3.8) is 0 Å². The summed E-state index contributed by atoms with van der Waals surface area (Å²) in [4.78, 5) is 28.8. The lowest BCUT2D eigenvalue weighted by atomic mass is 10.2. The predicted octanol–water partition coefficient (Wildman–Crippen LogP) is -0.346. The number of urea groups is 1. The highest BCUT2D eigenvalue weighted by Gasteiger charge is 2.41. The van der Waals surface area contributed by atoms with Gasteiger partial charge in [0.25, 0.3) is 0 Å². The first-order valence-electron chi connectivity index (χ1n) is 7.21. The molecule has 0 aromatic carbocycles. The number of β-amino-alcohol motifs (C(OH)–C–C–N with tert-alkyl or cyclic N) is 1. The average molecular weight is 285 g/mol. The molecule has 7 nitrogen and oxygen atoms in total. The minimum atomic E-state index is -1.04. The largest absolute Gasteiger partial charge is 0.480 e. The van der Waals surface area contributed by atoms with Gasteiger partial charge < -0.3 is 20.0 Å². The highest BCUT2D eigenvalue weighted by atomic mass is 16.4. The molecule has 2 fully saturated rings. The molecule has 0 aliphatic carbocycles. The van der Waals surface area contributed by atoms with E-state index < -0.39 is 18.1 Å². The fourth-order valence-corrected chi connectivity index (χ4v) is 2.92. The van der Waals surface area contributed by atoms with Crippen LogP contribution in [0.5, 0.6) is 0 Å². The molecule has 20 heavy (non-hydrogen) atoms. The summed E-state index contributed by atoms with van der Waals surface area (Å²) in [5.74, 6) is -1.04. The van der Waals surface area contributed by atoms with Gasteiger partial charge >= 0.3 is 12.0 Å². The Labute approximate surface area is 118 Å². The summed E-state index contributed by atoms with van der Waals surface area (Å²) in [7, 11) is 0. The summed E-state index contributed by atoms with van der Waals surface area (Å²) in [6.07, 6.45) is 0.478. The van der Waals surface area contributed by atoms with Crippen molar-refractivity contribution in [3.8, 4) is 0 Å². The number of likely N-dealkylation sites (tertiary alicyclic amines) is 1. The van der Waals surface area contributed by atoms with Crippen molar-refractivity contribution in [3.05, 3.63) is 0 Å². The third kappa shape index (κ3) is 3.21. The van der Waals surface area contributed by atoms with Crippen LogP contribution in [0.2, 0.25) is 0 Å². The SMILES string of the molecule is CCCN1CCN(C(=O)N2C[C@@H](O)C[C@H]2C(=O)O)CC1. The highest BCUT2D eigenvalue weighted by Crippen LogP contribution is 2.20. The van der Waals surface area contributed by atoms with E-state index in [0.29, 0.717) is 13.1 Å². The van der Waals surface area contributed by atoms with E-state index in [-0.39, 0.29) is 19.0 Å². The minimum Gasteiger partial charge on any atom is -0.480 e. The van der Waals surface area contributed by atoms with E-state index in [4.69, 9.17) is 5.11 Å². The number of aliphatic hydroxyl groups excluding tert-OH is 1. The second-order valence-corrected chi connectivity index (χ2v) is 5.51. The highest BCUT2D eigenvalue weighted by molar-refractivity contribution is 5.83. The van der Waals surface area contributed by atoms with E-state index >= 15 is 0 Å². The van der Waals surface area contributed by atoms with Crippen LogP contribution in [-0.4, -0.2) is 88.3 Å². The molecule has 114 valence electrons. The summed E-state index contributed by atoms with van der Waals surface area (Å²) in [5, 5.41) is 18.7. The topological polar surface area (TPSA) is 84.3 Å². The van der Waals surface area contributed by atoms with Crippen LogP contribution in [0, 0.1) is 0 Å². The van der Waals surface area contributed by atoms with Gasteiger partial charge in [-0.1, -0.05) is 6.92 Å².